The van der Waals surface area contributed by atoms with Gasteiger partial charge in [0.25, 0.3) is 0 Å². The molecular weight excluding hydrogens is 428 g/mol. The van der Waals surface area contributed by atoms with E-state index in [1.54, 1.807) is 31.5 Å². The number of methoxy groups -OCH3 is 1. The third-order valence-corrected chi connectivity index (χ3v) is 5.47. The summed E-state index contributed by atoms with van der Waals surface area (Å²) in [6.07, 6.45) is 2.23. The van der Waals surface area contributed by atoms with Crippen LogP contribution in [0.3, 0.4) is 0 Å². The molecule has 0 saturated heterocycles. The van der Waals surface area contributed by atoms with Gasteiger partial charge >= 0.3 is 0 Å². The number of amides is 1. The molecule has 1 amide bonds. The summed E-state index contributed by atoms with van der Waals surface area (Å²) >= 11 is 5.92. The summed E-state index contributed by atoms with van der Waals surface area (Å²) in [6, 6.07) is 18.8. The summed E-state index contributed by atoms with van der Waals surface area (Å²) in [6.45, 7) is 0. The monoisotopic (exact) mass is 446 g/mol. The van der Waals surface area contributed by atoms with Crippen molar-refractivity contribution >= 4 is 45.1 Å². The highest BCUT2D eigenvalue weighted by Gasteiger charge is 2.15. The number of hydrogen-bond donors (Lipinski definition) is 1. The molecule has 0 unspecified atom stereocenters. The average Bonchev–Trinajstić information content (AvgIpc) is 3.42. The smallest absolute Gasteiger partial charge is 0.224 e. The van der Waals surface area contributed by atoms with Crippen LogP contribution in [-0.4, -0.2) is 18.0 Å². The fourth-order valence-electron chi connectivity index (χ4n) is 3.62. The summed E-state index contributed by atoms with van der Waals surface area (Å²) in [7, 11) is 1.57. The van der Waals surface area contributed by atoms with Crippen LogP contribution in [0.4, 0.5) is 5.69 Å². The Hall–Kier alpha value is -3.77. The first-order chi connectivity index (χ1) is 15.6. The van der Waals surface area contributed by atoms with Gasteiger partial charge in [-0.3, -0.25) is 4.79 Å². The van der Waals surface area contributed by atoms with Crippen LogP contribution in [0, 0.1) is 0 Å². The van der Waals surface area contributed by atoms with Crippen LogP contribution >= 0.6 is 11.6 Å². The van der Waals surface area contributed by atoms with Gasteiger partial charge < -0.3 is 18.9 Å². The number of furan rings is 1. The quantitative estimate of drug-likeness (QED) is 0.323. The van der Waals surface area contributed by atoms with Gasteiger partial charge in [-0.15, -0.1) is 0 Å². The Balaban J connectivity index is 1.30. The van der Waals surface area contributed by atoms with Gasteiger partial charge in [0.05, 0.1) is 19.0 Å². The van der Waals surface area contributed by atoms with E-state index in [9.17, 15) is 4.79 Å². The van der Waals surface area contributed by atoms with Gasteiger partial charge in [0.15, 0.2) is 11.7 Å². The van der Waals surface area contributed by atoms with Gasteiger partial charge in [0.2, 0.25) is 5.91 Å². The van der Waals surface area contributed by atoms with Gasteiger partial charge in [0, 0.05) is 40.3 Å². The fourth-order valence-corrected chi connectivity index (χ4v) is 3.75. The Labute approximate surface area is 188 Å². The number of aromatic nitrogens is 1. The predicted octanol–water partition coefficient (Wildman–Crippen LogP) is 6.47. The SMILES string of the molecule is COc1cc2c(cc1NC(=O)CCc1ncc(-c3ccc(Cl)cc3)o1)oc1ccccc12. The van der Waals surface area contributed by atoms with Crippen molar-refractivity contribution in [1.29, 1.82) is 0 Å². The highest BCUT2D eigenvalue weighted by Crippen LogP contribution is 2.36. The average molecular weight is 447 g/mol. The van der Waals surface area contributed by atoms with Crippen molar-refractivity contribution in [2.75, 3.05) is 12.4 Å². The molecule has 0 atom stereocenters. The maximum Gasteiger partial charge on any atom is 0.224 e. The number of carbonyl (C=O) groups is 1. The zero-order valence-corrected chi connectivity index (χ0v) is 18.0. The van der Waals surface area contributed by atoms with E-state index in [0.29, 0.717) is 40.1 Å². The van der Waals surface area contributed by atoms with Crippen LogP contribution in [0.2, 0.25) is 5.02 Å². The molecule has 5 rings (SSSR count). The van der Waals surface area contributed by atoms with Crippen molar-refractivity contribution in [2.24, 2.45) is 0 Å². The number of ether oxygens (including phenoxy) is 1. The number of aryl methyl sites for hydroxylation is 1. The largest absolute Gasteiger partial charge is 0.495 e. The number of anilines is 1. The predicted molar refractivity (Wildman–Crippen MR) is 124 cm³/mol. The first-order valence-electron chi connectivity index (χ1n) is 10.1. The number of hydrogen-bond acceptors (Lipinski definition) is 5. The molecule has 0 aliphatic rings. The molecule has 2 heterocycles. The molecule has 0 bridgehead atoms. The van der Waals surface area contributed by atoms with Crippen LogP contribution in [-0.2, 0) is 11.2 Å². The Morgan fingerprint density at radius 2 is 1.84 bits per heavy atom. The lowest BCUT2D eigenvalue weighted by molar-refractivity contribution is -0.116. The summed E-state index contributed by atoms with van der Waals surface area (Å²) < 4.78 is 17.2. The number of rotatable bonds is 6. The highest BCUT2D eigenvalue weighted by atomic mass is 35.5. The Bertz CT molecular complexity index is 1420. The maximum atomic E-state index is 12.6. The zero-order chi connectivity index (χ0) is 22.1. The number of benzene rings is 3. The molecule has 0 saturated carbocycles. The number of halogens is 1. The molecule has 5 aromatic rings. The first-order valence-corrected chi connectivity index (χ1v) is 10.5. The third-order valence-electron chi connectivity index (χ3n) is 5.22. The summed E-state index contributed by atoms with van der Waals surface area (Å²) in [5, 5.41) is 5.49. The van der Waals surface area contributed by atoms with E-state index in [1.165, 1.54) is 0 Å². The fraction of sp³-hybridized carbons (Fsp3) is 0.120. The summed E-state index contributed by atoms with van der Waals surface area (Å²) in [5.41, 5.74) is 2.90. The minimum Gasteiger partial charge on any atom is -0.495 e. The van der Waals surface area contributed by atoms with Crippen molar-refractivity contribution in [3.8, 4) is 17.1 Å². The molecule has 32 heavy (non-hydrogen) atoms. The van der Waals surface area contributed by atoms with Crippen LogP contribution < -0.4 is 10.1 Å². The lowest BCUT2D eigenvalue weighted by atomic mass is 10.1. The topological polar surface area (TPSA) is 77.5 Å². The molecule has 0 aliphatic heterocycles. The van der Waals surface area contributed by atoms with E-state index < -0.39 is 0 Å². The van der Waals surface area contributed by atoms with E-state index in [-0.39, 0.29) is 12.3 Å². The molecule has 3 aromatic carbocycles. The van der Waals surface area contributed by atoms with Crippen molar-refractivity contribution < 1.29 is 18.4 Å². The molecule has 6 nitrogen and oxygen atoms in total. The first kappa shape index (κ1) is 20.2. The second kappa shape index (κ2) is 8.40. The molecular formula is C25H19ClN2O4. The van der Waals surface area contributed by atoms with Crippen LogP contribution in [0.25, 0.3) is 33.3 Å². The van der Waals surface area contributed by atoms with Gasteiger partial charge in [0.1, 0.15) is 16.9 Å². The van der Waals surface area contributed by atoms with Crippen molar-refractivity contribution in [1.82, 2.24) is 4.98 Å². The van der Waals surface area contributed by atoms with E-state index >= 15 is 0 Å². The van der Waals surface area contributed by atoms with E-state index in [0.717, 1.165) is 21.9 Å². The zero-order valence-electron chi connectivity index (χ0n) is 17.2. The van der Waals surface area contributed by atoms with Gasteiger partial charge in [-0.1, -0.05) is 29.8 Å². The lowest BCUT2D eigenvalue weighted by Gasteiger charge is -2.10. The number of para-hydroxylation sites is 1. The Morgan fingerprint density at radius 3 is 2.66 bits per heavy atom. The summed E-state index contributed by atoms with van der Waals surface area (Å²) in [5.74, 6) is 1.52. The standard InChI is InChI=1S/C25H19ClN2O4/c1-30-22-12-18-17-4-2-3-5-20(17)31-21(18)13-19(22)28-24(29)10-11-25-27-14-23(32-25)15-6-8-16(26)9-7-15/h2-9,12-14H,10-11H2,1H3,(H,28,29). The number of fused-ring (bicyclic) bond motifs is 3. The van der Waals surface area contributed by atoms with Gasteiger partial charge in [-0.25, -0.2) is 4.98 Å². The molecule has 0 spiro atoms. The molecule has 1 N–H and O–H groups in total. The third kappa shape index (κ3) is 3.92. The molecule has 0 radical (unpaired) electrons. The van der Waals surface area contributed by atoms with Crippen molar-refractivity contribution in [3.05, 3.63) is 77.8 Å². The van der Waals surface area contributed by atoms with Crippen molar-refractivity contribution in [2.45, 2.75) is 12.8 Å². The molecule has 0 fully saturated rings. The van der Waals surface area contributed by atoms with Gasteiger partial charge in [-0.05, 0) is 36.4 Å². The molecule has 7 heteroatoms. The second-order valence-corrected chi connectivity index (χ2v) is 7.76. The Kier molecular flexibility index (Phi) is 5.29. The molecule has 0 aliphatic carbocycles. The Morgan fingerprint density at radius 1 is 1.03 bits per heavy atom. The van der Waals surface area contributed by atoms with Crippen LogP contribution in [0.1, 0.15) is 12.3 Å². The lowest BCUT2D eigenvalue weighted by Crippen LogP contribution is -2.13. The second-order valence-electron chi connectivity index (χ2n) is 7.32. The normalized spacial score (nSPS) is 11.2. The number of nitrogens with zero attached hydrogens (tertiary/aromatic N) is 1. The minimum atomic E-state index is -0.176. The maximum absolute atomic E-state index is 12.6. The molecule has 2 aromatic heterocycles. The van der Waals surface area contributed by atoms with E-state index in [1.807, 2.05) is 42.5 Å². The highest BCUT2D eigenvalue weighted by molar-refractivity contribution is 6.30. The van der Waals surface area contributed by atoms with Crippen LogP contribution in [0.5, 0.6) is 5.75 Å². The number of carbonyl (C=O) groups excluding carboxylic acids is 1. The van der Waals surface area contributed by atoms with Crippen molar-refractivity contribution in [3.63, 3.8) is 0 Å². The minimum absolute atomic E-state index is 0.176. The number of nitrogens with one attached hydrogen (secondary N) is 1. The molecule has 160 valence electrons. The van der Waals surface area contributed by atoms with E-state index in [4.69, 9.17) is 25.2 Å². The van der Waals surface area contributed by atoms with E-state index in [2.05, 4.69) is 10.3 Å². The summed E-state index contributed by atoms with van der Waals surface area (Å²) in [4.78, 5) is 16.9. The number of oxazole rings is 1. The van der Waals surface area contributed by atoms with Gasteiger partial charge in [-0.2, -0.15) is 0 Å². The van der Waals surface area contributed by atoms with Crippen LogP contribution in [0.15, 0.2) is 75.7 Å².